The molecule has 0 aromatic heterocycles. The summed E-state index contributed by atoms with van der Waals surface area (Å²) in [6.07, 6.45) is 4.52. The first-order valence-corrected chi connectivity index (χ1v) is 7.99. The summed E-state index contributed by atoms with van der Waals surface area (Å²) in [6.45, 7) is 10.9. The Hall–Kier alpha value is -0.610. The molecule has 1 N–H and O–H groups in total. The molecule has 0 bridgehead atoms. The first-order valence-electron chi connectivity index (χ1n) is 7.99. The minimum absolute atomic E-state index is 0.110. The Balaban J connectivity index is 1.74. The summed E-state index contributed by atoms with van der Waals surface area (Å²) in [7, 11) is 0. The molecule has 0 spiro atoms. The number of piperidine rings is 1. The van der Waals surface area contributed by atoms with Crippen molar-refractivity contribution in [2.24, 2.45) is 5.92 Å². The number of amides is 1. The van der Waals surface area contributed by atoms with Crippen LogP contribution in [0.3, 0.4) is 0 Å². The third kappa shape index (κ3) is 3.93. The molecule has 0 radical (unpaired) electrons. The van der Waals surface area contributed by atoms with Crippen LogP contribution < -0.4 is 5.32 Å². The number of hydrogen-bond acceptors (Lipinski definition) is 3. The fraction of sp³-hybridized carbons (Fsp3) is 0.933. The Labute approximate surface area is 117 Å². The van der Waals surface area contributed by atoms with Gasteiger partial charge in [0.15, 0.2) is 0 Å². The number of carbonyl (C=O) groups is 1. The molecule has 2 aliphatic heterocycles. The molecule has 19 heavy (non-hydrogen) atoms. The molecule has 0 aliphatic carbocycles. The molecule has 0 saturated carbocycles. The van der Waals surface area contributed by atoms with Crippen molar-refractivity contribution in [2.45, 2.75) is 45.6 Å². The van der Waals surface area contributed by atoms with Gasteiger partial charge in [0.1, 0.15) is 0 Å². The van der Waals surface area contributed by atoms with E-state index in [1.165, 1.54) is 19.4 Å². The van der Waals surface area contributed by atoms with Crippen LogP contribution in [0.4, 0.5) is 0 Å². The van der Waals surface area contributed by atoms with E-state index >= 15 is 0 Å². The van der Waals surface area contributed by atoms with Crippen LogP contribution in [0.25, 0.3) is 0 Å². The fourth-order valence-corrected chi connectivity index (χ4v) is 3.30. The zero-order valence-electron chi connectivity index (χ0n) is 12.5. The lowest BCUT2D eigenvalue weighted by atomic mass is 9.95. The maximum Gasteiger partial charge on any atom is 0.239 e. The van der Waals surface area contributed by atoms with Crippen molar-refractivity contribution < 1.29 is 4.79 Å². The second-order valence-corrected chi connectivity index (χ2v) is 5.90. The normalized spacial score (nSPS) is 25.2. The van der Waals surface area contributed by atoms with Crippen LogP contribution in [0.1, 0.15) is 39.5 Å². The van der Waals surface area contributed by atoms with Gasteiger partial charge in [0.25, 0.3) is 0 Å². The Kier molecular flexibility index (Phi) is 5.64. The number of nitrogens with one attached hydrogen (secondary N) is 1. The van der Waals surface area contributed by atoms with E-state index < -0.39 is 0 Å². The van der Waals surface area contributed by atoms with Gasteiger partial charge in [-0.2, -0.15) is 0 Å². The highest BCUT2D eigenvalue weighted by Gasteiger charge is 2.29. The molecular weight excluding hydrogens is 238 g/mol. The molecular formula is C15H29N3O. The van der Waals surface area contributed by atoms with Gasteiger partial charge in [-0.3, -0.25) is 4.79 Å². The van der Waals surface area contributed by atoms with E-state index in [9.17, 15) is 4.79 Å². The Morgan fingerprint density at radius 3 is 2.42 bits per heavy atom. The molecule has 0 aromatic carbocycles. The number of likely N-dealkylation sites (tertiary alicyclic amines) is 1. The Morgan fingerprint density at radius 1 is 1.21 bits per heavy atom. The van der Waals surface area contributed by atoms with E-state index in [1.54, 1.807) is 0 Å². The highest BCUT2D eigenvalue weighted by Crippen LogP contribution is 2.20. The quantitative estimate of drug-likeness (QED) is 0.816. The van der Waals surface area contributed by atoms with Crippen LogP contribution >= 0.6 is 0 Å². The van der Waals surface area contributed by atoms with Crippen molar-refractivity contribution >= 4 is 5.91 Å². The highest BCUT2D eigenvalue weighted by atomic mass is 16.2. The van der Waals surface area contributed by atoms with Gasteiger partial charge in [-0.25, -0.2) is 0 Å². The summed E-state index contributed by atoms with van der Waals surface area (Å²) in [5, 5.41) is 3.32. The van der Waals surface area contributed by atoms with Crippen LogP contribution in [0.15, 0.2) is 0 Å². The van der Waals surface area contributed by atoms with Gasteiger partial charge in [-0.1, -0.05) is 13.8 Å². The van der Waals surface area contributed by atoms with E-state index in [4.69, 9.17) is 0 Å². The summed E-state index contributed by atoms with van der Waals surface area (Å²) < 4.78 is 0. The van der Waals surface area contributed by atoms with Gasteiger partial charge in [0.2, 0.25) is 5.91 Å². The minimum atomic E-state index is 0.110. The molecule has 0 aromatic rings. The lowest BCUT2D eigenvalue weighted by Crippen LogP contribution is -2.48. The summed E-state index contributed by atoms with van der Waals surface area (Å²) in [4.78, 5) is 16.9. The van der Waals surface area contributed by atoms with Crippen LogP contribution in [-0.2, 0) is 4.79 Å². The van der Waals surface area contributed by atoms with E-state index in [0.717, 1.165) is 51.5 Å². The van der Waals surface area contributed by atoms with Crippen molar-refractivity contribution in [3.63, 3.8) is 0 Å². The lowest BCUT2D eigenvalue weighted by molar-refractivity contribution is -0.134. The van der Waals surface area contributed by atoms with Crippen LogP contribution in [-0.4, -0.2) is 61.0 Å². The average Bonchev–Trinajstić information content (AvgIpc) is 2.99. The molecule has 2 rings (SSSR count). The molecule has 2 fully saturated rings. The van der Waals surface area contributed by atoms with Crippen molar-refractivity contribution in [3.8, 4) is 0 Å². The number of hydrogen-bond donors (Lipinski definition) is 1. The average molecular weight is 267 g/mol. The number of carbonyl (C=O) groups excluding carboxylic acids is 1. The van der Waals surface area contributed by atoms with E-state index in [-0.39, 0.29) is 6.04 Å². The van der Waals surface area contributed by atoms with Crippen LogP contribution in [0.5, 0.6) is 0 Å². The van der Waals surface area contributed by atoms with Gasteiger partial charge in [0, 0.05) is 19.6 Å². The summed E-state index contributed by atoms with van der Waals surface area (Å²) >= 11 is 0. The van der Waals surface area contributed by atoms with Crippen LogP contribution in [0, 0.1) is 5.92 Å². The smallest absolute Gasteiger partial charge is 0.239 e. The highest BCUT2D eigenvalue weighted by molar-refractivity contribution is 5.82. The summed E-state index contributed by atoms with van der Waals surface area (Å²) in [5.74, 6) is 1.12. The van der Waals surface area contributed by atoms with Crippen LogP contribution in [0.2, 0.25) is 0 Å². The minimum Gasteiger partial charge on any atom is -0.341 e. The molecule has 110 valence electrons. The zero-order valence-corrected chi connectivity index (χ0v) is 12.5. The predicted molar refractivity (Wildman–Crippen MR) is 78.1 cm³/mol. The predicted octanol–water partition coefficient (Wildman–Crippen LogP) is 1.32. The van der Waals surface area contributed by atoms with Crippen molar-refractivity contribution in [1.82, 2.24) is 15.1 Å². The first-order chi connectivity index (χ1) is 9.24. The maximum absolute atomic E-state index is 12.3. The van der Waals surface area contributed by atoms with Crippen molar-refractivity contribution in [1.29, 1.82) is 0 Å². The molecule has 0 unspecified atom stereocenters. The van der Waals surface area contributed by atoms with E-state index in [2.05, 4.69) is 29.0 Å². The molecule has 2 aliphatic rings. The van der Waals surface area contributed by atoms with Gasteiger partial charge in [-0.05, 0) is 51.2 Å². The van der Waals surface area contributed by atoms with Gasteiger partial charge >= 0.3 is 0 Å². The van der Waals surface area contributed by atoms with Crippen molar-refractivity contribution in [2.75, 3.05) is 39.3 Å². The Morgan fingerprint density at radius 2 is 1.89 bits per heavy atom. The second kappa shape index (κ2) is 7.25. The number of nitrogens with zero attached hydrogens (tertiary/aromatic N) is 2. The van der Waals surface area contributed by atoms with E-state index in [0.29, 0.717) is 5.91 Å². The first kappa shape index (κ1) is 14.8. The molecule has 1 atom stereocenters. The lowest BCUT2D eigenvalue weighted by Gasteiger charge is -2.35. The SMILES string of the molecule is CCN(CC)CC1CCN(C(=O)[C@H]2CCCN2)CC1. The molecule has 2 heterocycles. The van der Waals surface area contributed by atoms with Crippen molar-refractivity contribution in [3.05, 3.63) is 0 Å². The zero-order chi connectivity index (χ0) is 13.7. The second-order valence-electron chi connectivity index (χ2n) is 5.90. The number of rotatable bonds is 5. The fourth-order valence-electron chi connectivity index (χ4n) is 3.30. The Bertz CT molecular complexity index is 277. The largest absolute Gasteiger partial charge is 0.341 e. The molecule has 2 saturated heterocycles. The third-order valence-corrected chi connectivity index (χ3v) is 4.70. The van der Waals surface area contributed by atoms with Gasteiger partial charge in [-0.15, -0.1) is 0 Å². The summed E-state index contributed by atoms with van der Waals surface area (Å²) in [6, 6.07) is 0.110. The summed E-state index contributed by atoms with van der Waals surface area (Å²) in [5.41, 5.74) is 0. The van der Waals surface area contributed by atoms with E-state index in [1.807, 2.05) is 0 Å². The molecule has 1 amide bonds. The monoisotopic (exact) mass is 267 g/mol. The molecule has 4 nitrogen and oxygen atoms in total. The van der Waals surface area contributed by atoms with Gasteiger partial charge in [0.05, 0.1) is 6.04 Å². The maximum atomic E-state index is 12.3. The molecule has 4 heteroatoms. The standard InChI is InChI=1S/C15H29N3O/c1-3-17(4-2)12-13-7-10-18(11-8-13)15(19)14-6-5-9-16-14/h13-14,16H,3-12H2,1-2H3/t14-/m1/s1. The third-order valence-electron chi connectivity index (χ3n) is 4.70. The van der Waals surface area contributed by atoms with Gasteiger partial charge < -0.3 is 15.1 Å². The topological polar surface area (TPSA) is 35.6 Å².